The lowest BCUT2D eigenvalue weighted by molar-refractivity contribution is -0.123. The van der Waals surface area contributed by atoms with Crippen molar-refractivity contribution in [2.45, 2.75) is 19.0 Å². The van der Waals surface area contributed by atoms with Crippen LogP contribution in [0.2, 0.25) is 0 Å². The average molecular weight is 460 g/mol. The molecule has 7 heteroatoms. The Kier molecular flexibility index (Phi) is 7.34. The first-order chi connectivity index (χ1) is 16.8. The van der Waals surface area contributed by atoms with Gasteiger partial charge in [-0.15, -0.1) is 0 Å². The van der Waals surface area contributed by atoms with Crippen molar-refractivity contribution >= 4 is 16.8 Å². The van der Waals surface area contributed by atoms with E-state index < -0.39 is 0 Å². The van der Waals surface area contributed by atoms with Crippen LogP contribution in [-0.2, 0) is 17.8 Å². The average Bonchev–Trinajstić information content (AvgIpc) is 2.90. The summed E-state index contributed by atoms with van der Waals surface area (Å²) in [7, 11) is 0. The number of rotatable bonds is 8. The van der Waals surface area contributed by atoms with Crippen LogP contribution < -0.4 is 15.4 Å². The van der Waals surface area contributed by atoms with Gasteiger partial charge in [0.25, 0.3) is 5.91 Å². The molecule has 178 valence electrons. The van der Waals surface area contributed by atoms with Gasteiger partial charge in [0, 0.05) is 70.0 Å². The molecule has 3 heterocycles. The van der Waals surface area contributed by atoms with E-state index in [9.17, 15) is 4.79 Å². The molecule has 1 amide bonds. The molecule has 1 fully saturated rings. The summed E-state index contributed by atoms with van der Waals surface area (Å²) < 4.78 is 5.84. The Morgan fingerprint density at radius 1 is 1.03 bits per heavy atom. The van der Waals surface area contributed by atoms with Gasteiger partial charge in [0.1, 0.15) is 11.3 Å². The number of pyridine rings is 1. The molecule has 7 nitrogen and oxygen atoms in total. The zero-order valence-corrected chi connectivity index (χ0v) is 19.6. The minimum atomic E-state index is -0.0999. The van der Waals surface area contributed by atoms with E-state index in [1.165, 1.54) is 11.1 Å². The summed E-state index contributed by atoms with van der Waals surface area (Å²) in [5, 5.41) is 7.57. The van der Waals surface area contributed by atoms with Crippen LogP contribution in [0.25, 0.3) is 10.9 Å². The molecule has 1 unspecified atom stereocenters. The largest absolute Gasteiger partial charge is 0.481 e. The van der Waals surface area contributed by atoms with Gasteiger partial charge in [0.05, 0.1) is 0 Å². The minimum absolute atomic E-state index is 0.0128. The maximum Gasteiger partial charge on any atom is 0.257 e. The Morgan fingerprint density at radius 3 is 2.74 bits per heavy atom. The highest BCUT2D eigenvalue weighted by Gasteiger charge is 2.25. The first-order valence-electron chi connectivity index (χ1n) is 12.2. The lowest BCUT2D eigenvalue weighted by Crippen LogP contribution is -2.56. The van der Waals surface area contributed by atoms with Crippen molar-refractivity contribution in [2.75, 3.05) is 52.4 Å². The van der Waals surface area contributed by atoms with Crippen molar-refractivity contribution in [2.24, 2.45) is 0 Å². The maximum absolute atomic E-state index is 12.7. The van der Waals surface area contributed by atoms with Gasteiger partial charge in [-0.05, 0) is 29.7 Å². The summed E-state index contributed by atoms with van der Waals surface area (Å²) in [6.07, 6.45) is 2.83. The van der Waals surface area contributed by atoms with E-state index in [1.54, 1.807) is 6.20 Å². The molecule has 2 aliphatic heterocycles. The van der Waals surface area contributed by atoms with Crippen molar-refractivity contribution < 1.29 is 9.53 Å². The fourth-order valence-electron chi connectivity index (χ4n) is 4.98. The number of nitrogens with zero attached hydrogens (tertiary/aromatic N) is 3. The van der Waals surface area contributed by atoms with Gasteiger partial charge < -0.3 is 15.4 Å². The number of amides is 1. The third-order valence-corrected chi connectivity index (χ3v) is 6.84. The van der Waals surface area contributed by atoms with Crippen molar-refractivity contribution in [1.29, 1.82) is 0 Å². The first-order valence-corrected chi connectivity index (χ1v) is 12.2. The predicted octanol–water partition coefficient (Wildman–Crippen LogP) is 2.06. The summed E-state index contributed by atoms with van der Waals surface area (Å²) >= 11 is 0. The molecule has 1 atom stereocenters. The molecule has 3 aromatic rings. The second-order valence-corrected chi connectivity index (χ2v) is 9.12. The van der Waals surface area contributed by atoms with Gasteiger partial charge in [-0.2, -0.15) is 0 Å². The van der Waals surface area contributed by atoms with E-state index in [1.807, 2.05) is 30.3 Å². The SMILES string of the molecule is O=C(COc1cccc2cccnc12)NCC(CN1CCc2ccccc2C1)N1CCNCC1. The fraction of sp³-hybridized carbons (Fsp3) is 0.407. The molecule has 0 spiro atoms. The van der Waals surface area contributed by atoms with Crippen LogP contribution in [0.3, 0.4) is 0 Å². The minimum Gasteiger partial charge on any atom is -0.481 e. The Morgan fingerprint density at radius 2 is 1.85 bits per heavy atom. The van der Waals surface area contributed by atoms with Crippen molar-refractivity contribution in [3.63, 3.8) is 0 Å². The van der Waals surface area contributed by atoms with Crippen molar-refractivity contribution in [1.82, 2.24) is 25.4 Å². The molecule has 34 heavy (non-hydrogen) atoms. The van der Waals surface area contributed by atoms with Gasteiger partial charge in [0.2, 0.25) is 0 Å². The predicted molar refractivity (Wildman–Crippen MR) is 134 cm³/mol. The van der Waals surface area contributed by atoms with Crippen LogP contribution in [0, 0.1) is 0 Å². The number of aromatic nitrogens is 1. The number of hydrogen-bond donors (Lipinski definition) is 2. The molecule has 0 saturated carbocycles. The number of ether oxygens (including phenoxy) is 1. The van der Waals surface area contributed by atoms with Crippen molar-refractivity contribution in [3.05, 3.63) is 71.9 Å². The third-order valence-electron chi connectivity index (χ3n) is 6.84. The molecule has 0 bridgehead atoms. The van der Waals surface area contributed by atoms with Crippen molar-refractivity contribution in [3.8, 4) is 5.75 Å². The summed E-state index contributed by atoms with van der Waals surface area (Å²) in [6.45, 7) is 7.58. The lowest BCUT2D eigenvalue weighted by atomic mass is 9.99. The number of para-hydroxylation sites is 1. The fourth-order valence-corrected chi connectivity index (χ4v) is 4.98. The first kappa shape index (κ1) is 22.8. The molecule has 1 saturated heterocycles. The lowest BCUT2D eigenvalue weighted by Gasteiger charge is -2.39. The van der Waals surface area contributed by atoms with Crippen LogP contribution >= 0.6 is 0 Å². The summed E-state index contributed by atoms with van der Waals surface area (Å²) in [5.41, 5.74) is 3.67. The molecule has 2 aromatic carbocycles. The topological polar surface area (TPSA) is 69.7 Å². The molecule has 1 aromatic heterocycles. The van der Waals surface area contributed by atoms with Crippen LogP contribution in [0.5, 0.6) is 5.75 Å². The number of fused-ring (bicyclic) bond motifs is 2. The van der Waals surface area contributed by atoms with Crippen LogP contribution in [0.4, 0.5) is 0 Å². The molecule has 0 aliphatic carbocycles. The zero-order valence-electron chi connectivity index (χ0n) is 19.6. The van der Waals surface area contributed by atoms with E-state index in [2.05, 4.69) is 49.7 Å². The quantitative estimate of drug-likeness (QED) is 0.538. The monoisotopic (exact) mass is 459 g/mol. The second kappa shape index (κ2) is 11.0. The van der Waals surface area contributed by atoms with E-state index in [4.69, 9.17) is 4.74 Å². The van der Waals surface area contributed by atoms with E-state index in [-0.39, 0.29) is 18.6 Å². The molecule has 5 rings (SSSR count). The van der Waals surface area contributed by atoms with Gasteiger partial charge in [-0.1, -0.05) is 42.5 Å². The van der Waals surface area contributed by atoms with Crippen LogP contribution in [0.15, 0.2) is 60.8 Å². The number of hydrogen-bond acceptors (Lipinski definition) is 6. The molecule has 2 aliphatic rings. The van der Waals surface area contributed by atoms with Gasteiger partial charge in [-0.3, -0.25) is 19.6 Å². The van der Waals surface area contributed by atoms with Crippen LogP contribution in [-0.4, -0.2) is 79.2 Å². The smallest absolute Gasteiger partial charge is 0.257 e. The van der Waals surface area contributed by atoms with E-state index in [0.717, 1.165) is 63.1 Å². The summed E-state index contributed by atoms with van der Waals surface area (Å²) in [4.78, 5) is 22.1. The van der Waals surface area contributed by atoms with Gasteiger partial charge >= 0.3 is 0 Å². The number of benzene rings is 2. The standard InChI is InChI=1S/C27H33N5O2/c33-26(20-34-25-9-3-7-22-8-4-11-29-27(22)25)30-17-24(32-15-12-28-13-16-32)19-31-14-10-21-5-1-2-6-23(21)18-31/h1-9,11,24,28H,10,12-20H2,(H,30,33). The normalized spacial score (nSPS) is 17.8. The maximum atomic E-state index is 12.7. The highest BCUT2D eigenvalue weighted by molar-refractivity contribution is 5.85. The number of piperazine rings is 1. The molecular formula is C27H33N5O2. The van der Waals surface area contributed by atoms with E-state index >= 15 is 0 Å². The summed E-state index contributed by atoms with van der Waals surface area (Å²) in [6, 6.07) is 18.7. The Hall–Kier alpha value is -3.00. The van der Waals surface area contributed by atoms with E-state index in [0.29, 0.717) is 12.3 Å². The van der Waals surface area contributed by atoms with Gasteiger partial charge in [0.15, 0.2) is 6.61 Å². The van der Waals surface area contributed by atoms with Crippen LogP contribution in [0.1, 0.15) is 11.1 Å². The number of carbonyl (C=O) groups excluding carboxylic acids is 1. The molecule has 0 radical (unpaired) electrons. The highest BCUT2D eigenvalue weighted by Crippen LogP contribution is 2.23. The Bertz CT molecular complexity index is 1110. The van der Waals surface area contributed by atoms with Gasteiger partial charge in [-0.25, -0.2) is 0 Å². The third kappa shape index (κ3) is 5.55. The highest BCUT2D eigenvalue weighted by atomic mass is 16.5. The zero-order chi connectivity index (χ0) is 23.2. The second-order valence-electron chi connectivity index (χ2n) is 9.12. The molecule has 2 N–H and O–H groups in total. The number of nitrogens with one attached hydrogen (secondary N) is 2. The Balaban J connectivity index is 1.18. The summed E-state index contributed by atoms with van der Waals surface area (Å²) in [5.74, 6) is 0.538. The Labute approximate surface area is 201 Å². The number of carbonyl (C=O) groups is 1. The molecular weight excluding hydrogens is 426 g/mol.